The van der Waals surface area contributed by atoms with Gasteiger partial charge in [-0.15, -0.1) is 0 Å². The first-order valence-corrected chi connectivity index (χ1v) is 11.6. The zero-order chi connectivity index (χ0) is 26.8. The Hall–Kier alpha value is -4.17. The molecule has 3 aromatic carbocycles. The first-order valence-electron chi connectivity index (χ1n) is 9.46. The van der Waals surface area contributed by atoms with E-state index in [0.717, 1.165) is 48.5 Å². The maximum atomic E-state index is 12.9. The zero-order valence-corrected chi connectivity index (χ0v) is 19.2. The fourth-order valence-electron chi connectivity index (χ4n) is 2.86. The summed E-state index contributed by atoms with van der Waals surface area (Å²) in [6.45, 7) is 0. The first kappa shape index (κ1) is 26.4. The number of carbonyl (C=O) groups excluding carboxylic acids is 1. The van der Waals surface area contributed by atoms with E-state index in [1.54, 1.807) is 0 Å². The Kier molecular flexibility index (Phi) is 7.22. The topological polar surface area (TPSA) is 142 Å². The molecule has 0 radical (unpaired) electrons. The van der Waals surface area contributed by atoms with E-state index in [9.17, 15) is 42.4 Å². The Bertz CT molecular complexity index is 1480. The van der Waals surface area contributed by atoms with Gasteiger partial charge in [0.15, 0.2) is 0 Å². The van der Waals surface area contributed by atoms with Gasteiger partial charge in [-0.3, -0.25) is 29.7 Å². The van der Waals surface area contributed by atoms with E-state index >= 15 is 0 Å². The first-order chi connectivity index (χ1) is 16.7. The number of halogens is 4. The standard InChI is InChI=1S/C21H13ClF3N3O7S/c1-36(34,15-6-3-13(4-7-15)27(30)31)26-20(29)16-11-14(5-8-18(16)28(32)33)35-19-9-2-12(10-17(19)22)21(23,24)25/h2-11H,1H2,(H,26,29,34). The van der Waals surface area contributed by atoms with Crippen LogP contribution < -0.4 is 9.46 Å². The molecule has 0 heterocycles. The summed E-state index contributed by atoms with van der Waals surface area (Å²) in [6, 6.07) is 9.45. The van der Waals surface area contributed by atoms with Gasteiger partial charge in [-0.25, -0.2) is 4.21 Å². The van der Waals surface area contributed by atoms with Crippen LogP contribution in [-0.4, -0.2) is 25.8 Å². The second-order valence-corrected chi connectivity index (χ2v) is 9.47. The van der Waals surface area contributed by atoms with Crippen molar-refractivity contribution in [2.75, 3.05) is 0 Å². The van der Waals surface area contributed by atoms with Crippen LogP contribution in [0, 0.1) is 20.2 Å². The number of benzene rings is 3. The van der Waals surface area contributed by atoms with Gasteiger partial charge in [0, 0.05) is 24.3 Å². The molecule has 3 aromatic rings. The number of nitro groups is 2. The summed E-state index contributed by atoms with van der Waals surface area (Å²) in [4.78, 5) is 33.4. The Balaban J connectivity index is 1.91. The molecule has 3 rings (SSSR count). The number of non-ortho nitro benzene ring substituents is 1. The SMILES string of the molecule is C=S(=O)(NC(=O)c1cc(Oc2ccc(C(F)(F)F)cc2Cl)ccc1[N+](=O)[O-])c1ccc([N+](=O)[O-])cc1. The van der Waals surface area contributed by atoms with Gasteiger partial charge in [-0.05, 0) is 42.3 Å². The maximum absolute atomic E-state index is 12.9. The number of carbonyl (C=O) groups is 1. The Morgan fingerprint density at radius 1 is 1.00 bits per heavy atom. The van der Waals surface area contributed by atoms with Crippen LogP contribution in [0.5, 0.6) is 11.5 Å². The largest absolute Gasteiger partial charge is 0.456 e. The van der Waals surface area contributed by atoms with E-state index in [0.29, 0.717) is 12.1 Å². The molecule has 0 bridgehead atoms. The van der Waals surface area contributed by atoms with E-state index < -0.39 is 53.5 Å². The predicted octanol–water partition coefficient (Wildman–Crippen LogP) is 5.39. The zero-order valence-electron chi connectivity index (χ0n) is 17.7. The van der Waals surface area contributed by atoms with Gasteiger partial charge < -0.3 is 4.74 Å². The van der Waals surface area contributed by atoms with Crippen LogP contribution in [0.15, 0.2) is 65.6 Å². The normalized spacial score (nSPS) is 12.9. The minimum absolute atomic E-state index is 0.0898. The molecule has 0 saturated heterocycles. The number of nitrogens with zero attached hydrogens (tertiary/aromatic N) is 2. The van der Waals surface area contributed by atoms with Crippen LogP contribution in [-0.2, 0) is 15.9 Å². The number of nitrogens with one attached hydrogen (secondary N) is 1. The van der Waals surface area contributed by atoms with Crippen LogP contribution in [0.2, 0.25) is 5.02 Å². The number of hydrogen-bond acceptors (Lipinski definition) is 7. The molecular formula is C21H13ClF3N3O7S. The lowest BCUT2D eigenvalue weighted by molar-refractivity contribution is -0.385. The molecule has 1 atom stereocenters. The molecule has 1 amide bonds. The smallest absolute Gasteiger partial charge is 0.416 e. The molecule has 10 nitrogen and oxygen atoms in total. The summed E-state index contributed by atoms with van der Waals surface area (Å²) in [6.07, 6.45) is -4.65. The quantitative estimate of drug-likeness (QED) is 0.239. The van der Waals surface area contributed by atoms with Gasteiger partial charge in [-0.2, -0.15) is 13.2 Å². The van der Waals surface area contributed by atoms with Crippen molar-refractivity contribution in [2.45, 2.75) is 11.1 Å². The molecule has 0 aliphatic carbocycles. The third kappa shape index (κ3) is 5.90. The van der Waals surface area contributed by atoms with E-state index in [-0.39, 0.29) is 22.1 Å². The van der Waals surface area contributed by atoms with Crippen LogP contribution in [0.3, 0.4) is 0 Å². The fraction of sp³-hybridized carbons (Fsp3) is 0.0476. The summed E-state index contributed by atoms with van der Waals surface area (Å²) in [5, 5.41) is 21.8. The van der Waals surface area contributed by atoms with Crippen LogP contribution in [0.1, 0.15) is 15.9 Å². The Morgan fingerprint density at radius 3 is 2.17 bits per heavy atom. The van der Waals surface area contributed by atoms with Gasteiger partial charge in [-0.1, -0.05) is 11.6 Å². The van der Waals surface area contributed by atoms with Crippen molar-refractivity contribution in [3.8, 4) is 11.5 Å². The Morgan fingerprint density at radius 2 is 1.64 bits per heavy atom. The van der Waals surface area contributed by atoms with Gasteiger partial charge in [0.05, 0.1) is 35.0 Å². The molecule has 36 heavy (non-hydrogen) atoms. The molecule has 1 unspecified atom stereocenters. The van der Waals surface area contributed by atoms with Crippen molar-refractivity contribution in [3.63, 3.8) is 0 Å². The highest BCUT2D eigenvalue weighted by molar-refractivity contribution is 7.99. The number of amides is 1. The number of rotatable bonds is 7. The molecule has 0 fully saturated rings. The highest BCUT2D eigenvalue weighted by Crippen LogP contribution is 2.37. The van der Waals surface area contributed by atoms with Crippen molar-refractivity contribution in [3.05, 3.63) is 97.0 Å². The number of alkyl halides is 3. The minimum atomic E-state index is -4.65. The van der Waals surface area contributed by atoms with E-state index in [1.807, 2.05) is 0 Å². The van der Waals surface area contributed by atoms with Crippen molar-refractivity contribution >= 4 is 44.5 Å². The molecule has 15 heteroatoms. The Labute approximate surface area is 205 Å². The third-order valence-corrected chi connectivity index (χ3v) is 6.43. The fourth-order valence-corrected chi connectivity index (χ4v) is 4.18. The van der Waals surface area contributed by atoms with E-state index in [1.165, 1.54) is 0 Å². The summed E-state index contributed by atoms with van der Waals surface area (Å²) in [5.74, 6) is 1.79. The van der Waals surface area contributed by atoms with Crippen LogP contribution in [0.25, 0.3) is 0 Å². The number of hydrogen-bond donors (Lipinski definition) is 1. The van der Waals surface area contributed by atoms with Crippen molar-refractivity contribution in [2.24, 2.45) is 0 Å². The van der Waals surface area contributed by atoms with Gasteiger partial charge in [0.2, 0.25) is 0 Å². The average Bonchev–Trinajstić information content (AvgIpc) is 2.79. The highest BCUT2D eigenvalue weighted by Gasteiger charge is 2.31. The summed E-state index contributed by atoms with van der Waals surface area (Å²) >= 11 is 5.85. The molecule has 1 N–H and O–H groups in total. The van der Waals surface area contributed by atoms with E-state index in [2.05, 4.69) is 10.6 Å². The molecular weight excluding hydrogens is 531 g/mol. The molecule has 0 spiro atoms. The van der Waals surface area contributed by atoms with Gasteiger partial charge >= 0.3 is 6.18 Å². The number of nitro benzene ring substituents is 2. The lowest BCUT2D eigenvalue weighted by atomic mass is 10.1. The molecule has 0 aliphatic heterocycles. The van der Waals surface area contributed by atoms with Crippen LogP contribution >= 0.6 is 11.6 Å². The molecule has 0 saturated carbocycles. The monoisotopic (exact) mass is 543 g/mol. The lowest BCUT2D eigenvalue weighted by Crippen LogP contribution is -2.31. The van der Waals surface area contributed by atoms with Crippen molar-refractivity contribution in [1.29, 1.82) is 0 Å². The molecule has 0 aromatic heterocycles. The summed E-state index contributed by atoms with van der Waals surface area (Å²) in [7, 11) is -3.60. The second-order valence-electron chi connectivity index (χ2n) is 7.04. The van der Waals surface area contributed by atoms with Gasteiger partial charge in [0.25, 0.3) is 17.3 Å². The summed E-state index contributed by atoms with van der Waals surface area (Å²) < 4.78 is 58.9. The molecule has 0 aliphatic rings. The van der Waals surface area contributed by atoms with Crippen LogP contribution in [0.4, 0.5) is 24.5 Å². The second kappa shape index (κ2) is 9.83. The minimum Gasteiger partial charge on any atom is -0.456 e. The van der Waals surface area contributed by atoms with Crippen molar-refractivity contribution < 1.29 is 36.8 Å². The van der Waals surface area contributed by atoms with Crippen molar-refractivity contribution in [1.82, 2.24) is 4.72 Å². The van der Waals surface area contributed by atoms with E-state index in [4.69, 9.17) is 16.3 Å². The predicted molar refractivity (Wildman–Crippen MR) is 124 cm³/mol. The average molecular weight is 544 g/mol. The maximum Gasteiger partial charge on any atom is 0.416 e. The summed E-state index contributed by atoms with van der Waals surface area (Å²) in [5.41, 5.74) is -2.63. The third-order valence-electron chi connectivity index (χ3n) is 4.58. The number of ether oxygens (including phenoxy) is 1. The van der Waals surface area contributed by atoms with Gasteiger partial charge in [0.1, 0.15) is 17.1 Å². The molecule has 188 valence electrons. The highest BCUT2D eigenvalue weighted by atomic mass is 35.5. The lowest BCUT2D eigenvalue weighted by Gasteiger charge is -2.14.